The first-order chi connectivity index (χ1) is 19.7. The second-order valence-corrected chi connectivity index (χ2v) is 11.7. The lowest BCUT2D eigenvalue weighted by Gasteiger charge is -2.32. The molecule has 3 atom stereocenters. The number of hydrogen-bond acceptors (Lipinski definition) is 4. The van der Waals surface area contributed by atoms with Crippen molar-refractivity contribution in [3.8, 4) is 0 Å². The van der Waals surface area contributed by atoms with E-state index in [1.165, 1.54) is 6.08 Å². The highest BCUT2D eigenvalue weighted by Crippen LogP contribution is 2.48. The zero-order chi connectivity index (χ0) is 30.7. The molecule has 2 aromatic carbocycles. The second kappa shape index (κ2) is 10.5. The lowest BCUT2D eigenvalue weighted by molar-refractivity contribution is -0.119. The number of fused-ring (bicyclic) bond motifs is 4. The fourth-order valence-corrected chi connectivity index (χ4v) is 6.16. The van der Waals surface area contributed by atoms with Gasteiger partial charge in [0.15, 0.2) is 5.82 Å². The summed E-state index contributed by atoms with van der Waals surface area (Å²) in [6.07, 6.45) is 5.07. The average molecular weight is 595 g/mol. The number of aromatic nitrogens is 3. The average Bonchev–Trinajstić information content (AvgIpc) is 3.27. The molecule has 0 aliphatic heterocycles. The number of allylic oxidation sites excluding steroid dienone is 5. The fourth-order valence-electron chi connectivity index (χ4n) is 5.66. The molecule has 11 heteroatoms. The van der Waals surface area contributed by atoms with Gasteiger partial charge in [-0.2, -0.15) is 0 Å². The maximum atomic E-state index is 14.1. The molecule has 0 saturated heterocycles. The van der Waals surface area contributed by atoms with Gasteiger partial charge in [-0.25, -0.2) is 18.1 Å². The molecule has 5 rings (SSSR count). The number of nitrogens with one attached hydrogen (secondary N) is 2. The number of amides is 1. The van der Waals surface area contributed by atoms with Crippen molar-refractivity contribution in [1.29, 1.82) is 0 Å². The van der Waals surface area contributed by atoms with Crippen molar-refractivity contribution in [3.63, 3.8) is 0 Å². The molecule has 2 heterocycles. The number of aliphatic hydroxyl groups is 1. The van der Waals surface area contributed by atoms with Crippen molar-refractivity contribution in [1.82, 2.24) is 14.5 Å². The van der Waals surface area contributed by atoms with E-state index in [-0.39, 0.29) is 22.5 Å². The Balaban J connectivity index is 1.54. The number of rotatable bonds is 6. The summed E-state index contributed by atoms with van der Waals surface area (Å²) < 4.78 is 28.6. The standard InChI is InChI=1S/C31H29ClF2N4O4/c1-14(6-5-7-15(2)38-29(40)20-11-17(33)12-22(34)26(20)37-30(38)41)24-21(32)13-19(28(35)39)27-25(24)18-9-8-16(31(3,4)42)10-23(18)36-27/h5-12,19,21,24,36,42H,2,13H2,1,3-4H3,(H2,35,39)(H,37,41)/b7-5-,14-6+. The molecule has 4 aromatic rings. The van der Waals surface area contributed by atoms with Gasteiger partial charge in [-0.05, 0) is 56.5 Å². The summed E-state index contributed by atoms with van der Waals surface area (Å²) in [7, 11) is 0. The van der Waals surface area contributed by atoms with Crippen LogP contribution in [-0.4, -0.2) is 30.9 Å². The topological polar surface area (TPSA) is 134 Å². The molecule has 1 aliphatic rings. The molecule has 0 spiro atoms. The van der Waals surface area contributed by atoms with E-state index in [0.717, 1.165) is 28.1 Å². The van der Waals surface area contributed by atoms with Crippen molar-refractivity contribution in [2.24, 2.45) is 5.73 Å². The van der Waals surface area contributed by atoms with E-state index in [0.29, 0.717) is 28.3 Å². The van der Waals surface area contributed by atoms with Crippen molar-refractivity contribution in [2.45, 2.75) is 50.0 Å². The quantitative estimate of drug-likeness (QED) is 0.184. The van der Waals surface area contributed by atoms with E-state index < -0.39 is 45.7 Å². The minimum absolute atomic E-state index is 0.0244. The van der Waals surface area contributed by atoms with E-state index in [1.807, 2.05) is 25.1 Å². The highest BCUT2D eigenvalue weighted by atomic mass is 35.5. The van der Waals surface area contributed by atoms with E-state index in [9.17, 15) is 28.3 Å². The molecule has 0 fully saturated rings. The Labute approximate surface area is 243 Å². The van der Waals surface area contributed by atoms with Crippen LogP contribution >= 0.6 is 11.6 Å². The van der Waals surface area contributed by atoms with Crippen molar-refractivity contribution >= 4 is 45.0 Å². The van der Waals surface area contributed by atoms with Gasteiger partial charge >= 0.3 is 5.69 Å². The summed E-state index contributed by atoms with van der Waals surface area (Å²) in [5, 5.41) is 10.5. The van der Waals surface area contributed by atoms with E-state index >= 15 is 0 Å². The minimum atomic E-state index is -1.07. The van der Waals surface area contributed by atoms with Gasteiger partial charge in [0.2, 0.25) is 5.91 Å². The first-order valence-electron chi connectivity index (χ1n) is 13.2. The molecule has 8 nitrogen and oxygen atoms in total. The number of primary amides is 1. The number of nitrogens with two attached hydrogens (primary N) is 1. The zero-order valence-corrected chi connectivity index (χ0v) is 23.9. The molecule has 42 heavy (non-hydrogen) atoms. The van der Waals surface area contributed by atoms with Crippen molar-refractivity contribution in [3.05, 3.63) is 110 Å². The Kier molecular flexibility index (Phi) is 7.32. The normalized spacial score (nSPS) is 19.5. The Bertz CT molecular complexity index is 1960. The Hall–Kier alpha value is -4.28. The van der Waals surface area contributed by atoms with Crippen LogP contribution in [-0.2, 0) is 10.4 Å². The summed E-state index contributed by atoms with van der Waals surface area (Å²) in [6.45, 7) is 9.02. The first kappa shape index (κ1) is 29.2. The van der Waals surface area contributed by atoms with Gasteiger partial charge in [0, 0.05) is 39.7 Å². The van der Waals surface area contributed by atoms with Crippen LogP contribution in [0.25, 0.3) is 27.5 Å². The number of carbonyl (C=O) groups excluding carboxylic acids is 1. The molecule has 2 aromatic heterocycles. The van der Waals surface area contributed by atoms with Gasteiger partial charge in [-0.15, -0.1) is 11.6 Å². The van der Waals surface area contributed by atoms with E-state index in [2.05, 4.69) is 16.5 Å². The van der Waals surface area contributed by atoms with Gasteiger partial charge < -0.3 is 20.8 Å². The number of nitrogens with zero attached hydrogens (tertiary/aromatic N) is 1. The molecule has 218 valence electrons. The highest BCUT2D eigenvalue weighted by molar-refractivity contribution is 6.22. The van der Waals surface area contributed by atoms with Crippen LogP contribution in [0.4, 0.5) is 8.78 Å². The summed E-state index contributed by atoms with van der Waals surface area (Å²) in [5.74, 6) is -3.46. The molecule has 1 amide bonds. The molecule has 0 radical (unpaired) electrons. The number of carbonyl (C=O) groups is 1. The zero-order valence-electron chi connectivity index (χ0n) is 23.1. The minimum Gasteiger partial charge on any atom is -0.386 e. The maximum absolute atomic E-state index is 14.1. The van der Waals surface area contributed by atoms with Crippen LogP contribution in [0.2, 0.25) is 0 Å². The third-order valence-corrected chi connectivity index (χ3v) is 8.18. The van der Waals surface area contributed by atoms with Crippen LogP contribution in [0.5, 0.6) is 0 Å². The predicted octanol–water partition coefficient (Wildman–Crippen LogP) is 5.01. The summed E-state index contributed by atoms with van der Waals surface area (Å²) in [4.78, 5) is 43.5. The third kappa shape index (κ3) is 5.01. The summed E-state index contributed by atoms with van der Waals surface area (Å²) >= 11 is 6.87. The molecule has 3 unspecified atom stereocenters. The van der Waals surface area contributed by atoms with Gasteiger partial charge in [-0.3, -0.25) is 9.59 Å². The fraction of sp³-hybridized carbons (Fsp3) is 0.258. The van der Waals surface area contributed by atoms with Crippen molar-refractivity contribution < 1.29 is 18.7 Å². The van der Waals surface area contributed by atoms with Gasteiger partial charge in [-0.1, -0.05) is 36.4 Å². The van der Waals surface area contributed by atoms with Crippen LogP contribution in [0.3, 0.4) is 0 Å². The lowest BCUT2D eigenvalue weighted by Crippen LogP contribution is -2.34. The van der Waals surface area contributed by atoms with Crippen LogP contribution in [0.1, 0.15) is 55.8 Å². The molecular formula is C31H29ClF2N4O4. The smallest absolute Gasteiger partial charge is 0.333 e. The van der Waals surface area contributed by atoms with Crippen LogP contribution in [0.15, 0.2) is 70.3 Å². The number of hydrogen-bond donors (Lipinski definition) is 4. The van der Waals surface area contributed by atoms with Crippen LogP contribution in [0, 0.1) is 11.6 Å². The maximum Gasteiger partial charge on any atom is 0.333 e. The molecule has 1 aliphatic carbocycles. The SMILES string of the molecule is C=C(/C=C\C=C(/C)C1c2c([nH]c3cc(C(C)(C)O)ccc23)C(C(N)=O)CC1Cl)n1c(=O)[nH]c2c(F)cc(F)cc2c1=O. The number of alkyl halides is 1. The number of benzene rings is 2. The second-order valence-electron chi connectivity index (χ2n) is 11.1. The van der Waals surface area contributed by atoms with E-state index in [4.69, 9.17) is 17.3 Å². The largest absolute Gasteiger partial charge is 0.386 e. The summed E-state index contributed by atoms with van der Waals surface area (Å²) in [6, 6.07) is 6.97. The Morgan fingerprint density at radius 2 is 1.90 bits per heavy atom. The van der Waals surface area contributed by atoms with Gasteiger partial charge in [0.05, 0.1) is 22.4 Å². The van der Waals surface area contributed by atoms with Crippen molar-refractivity contribution in [2.75, 3.05) is 0 Å². The van der Waals surface area contributed by atoms with Gasteiger partial charge in [0.1, 0.15) is 5.82 Å². The molecular weight excluding hydrogens is 566 g/mol. The molecule has 0 bridgehead atoms. The molecule has 5 N–H and O–H groups in total. The van der Waals surface area contributed by atoms with Crippen LogP contribution < -0.4 is 17.0 Å². The third-order valence-electron chi connectivity index (χ3n) is 7.75. The number of H-pyrrole nitrogens is 2. The number of aromatic amines is 2. The number of halogens is 3. The first-order valence-corrected chi connectivity index (χ1v) is 13.6. The monoisotopic (exact) mass is 594 g/mol. The van der Waals surface area contributed by atoms with Gasteiger partial charge in [0.25, 0.3) is 5.56 Å². The Morgan fingerprint density at radius 1 is 1.19 bits per heavy atom. The Morgan fingerprint density at radius 3 is 2.57 bits per heavy atom. The summed E-state index contributed by atoms with van der Waals surface area (Å²) in [5.41, 5.74) is 6.17. The molecule has 0 saturated carbocycles. The highest BCUT2D eigenvalue weighted by Gasteiger charge is 2.40. The lowest BCUT2D eigenvalue weighted by atomic mass is 9.75. The van der Waals surface area contributed by atoms with E-state index in [1.54, 1.807) is 26.0 Å². The predicted molar refractivity (Wildman–Crippen MR) is 159 cm³/mol.